The fourth-order valence-corrected chi connectivity index (χ4v) is 6.44. The smallest absolute Gasteiger partial charge is 0.369 e. The summed E-state index contributed by atoms with van der Waals surface area (Å²) < 4.78 is 38.1. The minimum absolute atomic E-state index is 0.0472. The maximum atomic E-state index is 13.1. The largest absolute Gasteiger partial charge is 0.495 e. The third kappa shape index (κ3) is 4.04. The van der Waals surface area contributed by atoms with Crippen molar-refractivity contribution in [3.05, 3.63) is 28.9 Å². The second-order valence-electron chi connectivity index (χ2n) is 7.51. The van der Waals surface area contributed by atoms with E-state index in [9.17, 15) is 18.3 Å². The molecular formula is C20H23N3O6S2. The van der Waals surface area contributed by atoms with Crippen LogP contribution in [0.5, 0.6) is 5.75 Å². The fraction of sp³-hybridized carbons (Fsp3) is 0.450. The Labute approximate surface area is 183 Å². The van der Waals surface area contributed by atoms with Gasteiger partial charge in [0.2, 0.25) is 9.97 Å². The Bertz CT molecular complexity index is 1240. The van der Waals surface area contributed by atoms with E-state index in [0.29, 0.717) is 34.8 Å². The van der Waals surface area contributed by atoms with Gasteiger partial charge < -0.3 is 14.6 Å². The van der Waals surface area contributed by atoms with E-state index in [1.54, 1.807) is 32.0 Å². The number of rotatable bonds is 7. The first-order valence-corrected chi connectivity index (χ1v) is 12.3. The highest BCUT2D eigenvalue weighted by atomic mass is 32.2. The number of ether oxygens (including phenoxy) is 2. The molecule has 9 nitrogen and oxygen atoms in total. The average molecular weight is 466 g/mol. The number of sulfone groups is 1. The molecule has 1 fully saturated rings. The molecule has 0 spiro atoms. The summed E-state index contributed by atoms with van der Waals surface area (Å²) in [6.45, 7) is 3.76. The average Bonchev–Trinajstić information content (AvgIpc) is 3.23. The monoisotopic (exact) mass is 465 g/mol. The van der Waals surface area contributed by atoms with Crippen LogP contribution in [0.1, 0.15) is 35.3 Å². The minimum atomic E-state index is -3.64. The molecule has 0 bridgehead atoms. The van der Waals surface area contributed by atoms with Crippen LogP contribution in [0.25, 0.3) is 16.2 Å². The van der Waals surface area contributed by atoms with Gasteiger partial charge in [-0.1, -0.05) is 11.3 Å². The molecule has 1 N–H and O–H groups in total. The molecule has 4 rings (SSSR count). The molecule has 31 heavy (non-hydrogen) atoms. The van der Waals surface area contributed by atoms with Crippen LogP contribution in [0.3, 0.4) is 0 Å². The lowest BCUT2D eigenvalue weighted by atomic mass is 9.84. The summed E-state index contributed by atoms with van der Waals surface area (Å²) in [5, 5.41) is 14.0. The molecule has 3 aromatic rings. The second kappa shape index (κ2) is 8.21. The first-order valence-electron chi connectivity index (χ1n) is 9.86. The van der Waals surface area contributed by atoms with Crippen LogP contribution in [-0.2, 0) is 14.6 Å². The molecule has 1 aromatic carbocycles. The van der Waals surface area contributed by atoms with Crippen molar-refractivity contribution in [2.75, 3.05) is 19.5 Å². The van der Waals surface area contributed by atoms with E-state index in [4.69, 9.17) is 9.47 Å². The second-order valence-corrected chi connectivity index (χ2v) is 10.5. The quantitative estimate of drug-likeness (QED) is 0.529. The number of aromatic nitrogens is 3. The number of imidazole rings is 1. The van der Waals surface area contributed by atoms with Crippen LogP contribution in [0.15, 0.2) is 23.1 Å². The van der Waals surface area contributed by atoms with Crippen molar-refractivity contribution in [2.24, 2.45) is 5.92 Å². The number of carbonyl (C=O) groups excluding carboxylic acids is 1. The summed E-state index contributed by atoms with van der Waals surface area (Å²) in [6, 6.07) is 4.91. The van der Waals surface area contributed by atoms with Crippen molar-refractivity contribution in [3.8, 4) is 17.0 Å². The summed E-state index contributed by atoms with van der Waals surface area (Å²) in [5.74, 6) is -0.383. The number of nitrogens with zero attached hydrogens (tertiary/aromatic N) is 3. The standard InChI is InChI=1S/C20H23N3O6S2/c1-4-29-19(25)18-22-23-17(11(2)21-20(23)30-18)13-5-6-15(28-3)16(9-13)31(26,27)10-12-7-14(24)8-12/h5-6,9,12,14,24H,4,7-8,10H2,1-3H3. The number of aliphatic hydroxyl groups excluding tert-OH is 1. The number of hydrogen-bond donors (Lipinski definition) is 1. The molecule has 2 heterocycles. The maximum Gasteiger partial charge on any atom is 0.369 e. The molecule has 0 radical (unpaired) electrons. The zero-order valence-corrected chi connectivity index (χ0v) is 19.0. The van der Waals surface area contributed by atoms with E-state index >= 15 is 0 Å². The van der Waals surface area contributed by atoms with Crippen LogP contribution in [-0.4, -0.2) is 59.7 Å². The van der Waals surface area contributed by atoms with E-state index in [0.717, 1.165) is 11.3 Å². The van der Waals surface area contributed by atoms with Gasteiger partial charge in [-0.05, 0) is 50.8 Å². The van der Waals surface area contributed by atoms with E-state index < -0.39 is 21.9 Å². The van der Waals surface area contributed by atoms with Crippen molar-refractivity contribution in [1.82, 2.24) is 14.6 Å². The van der Waals surface area contributed by atoms with Gasteiger partial charge in [0.1, 0.15) is 10.6 Å². The molecule has 0 saturated heterocycles. The van der Waals surface area contributed by atoms with Crippen molar-refractivity contribution < 1.29 is 27.8 Å². The Morgan fingerprint density at radius 1 is 1.35 bits per heavy atom. The van der Waals surface area contributed by atoms with Gasteiger partial charge in [-0.2, -0.15) is 0 Å². The van der Waals surface area contributed by atoms with Gasteiger partial charge in [-0.3, -0.25) is 0 Å². The Balaban J connectivity index is 1.76. The van der Waals surface area contributed by atoms with E-state index in [-0.39, 0.29) is 33.9 Å². The van der Waals surface area contributed by atoms with Crippen LogP contribution < -0.4 is 4.74 Å². The van der Waals surface area contributed by atoms with E-state index in [1.807, 2.05) is 0 Å². The zero-order chi connectivity index (χ0) is 22.3. The first kappa shape index (κ1) is 21.7. The summed E-state index contributed by atoms with van der Waals surface area (Å²) in [7, 11) is -2.21. The van der Waals surface area contributed by atoms with E-state index in [2.05, 4.69) is 10.1 Å². The Kier molecular flexibility index (Phi) is 5.75. The molecule has 1 aliphatic carbocycles. The molecule has 0 atom stereocenters. The van der Waals surface area contributed by atoms with Gasteiger partial charge in [-0.15, -0.1) is 5.10 Å². The van der Waals surface area contributed by atoms with Crippen molar-refractivity contribution >= 4 is 32.1 Å². The number of esters is 1. The van der Waals surface area contributed by atoms with Crippen LogP contribution in [0.4, 0.5) is 0 Å². The minimum Gasteiger partial charge on any atom is -0.495 e. The number of methoxy groups -OCH3 is 1. The third-order valence-electron chi connectivity index (χ3n) is 5.27. The maximum absolute atomic E-state index is 13.1. The number of hydrogen-bond acceptors (Lipinski definition) is 9. The van der Waals surface area contributed by atoms with E-state index in [1.165, 1.54) is 11.6 Å². The van der Waals surface area contributed by atoms with Gasteiger partial charge in [0, 0.05) is 5.56 Å². The molecule has 1 aliphatic rings. The normalized spacial score (nSPS) is 18.7. The predicted octanol–water partition coefficient (Wildman–Crippen LogP) is 2.50. The third-order valence-corrected chi connectivity index (χ3v) is 8.05. The van der Waals surface area contributed by atoms with Crippen LogP contribution in [0.2, 0.25) is 0 Å². The lowest BCUT2D eigenvalue weighted by molar-refractivity contribution is 0.0519. The van der Waals surface area contributed by atoms with Gasteiger partial charge in [0.25, 0.3) is 0 Å². The lowest BCUT2D eigenvalue weighted by Crippen LogP contribution is -2.33. The number of aryl methyl sites for hydroxylation is 1. The highest BCUT2D eigenvalue weighted by Gasteiger charge is 2.33. The summed E-state index contributed by atoms with van der Waals surface area (Å²) in [6.07, 6.45) is 0.548. The molecule has 166 valence electrons. The number of benzene rings is 1. The van der Waals surface area contributed by atoms with Gasteiger partial charge in [-0.25, -0.2) is 22.7 Å². The molecule has 1 saturated carbocycles. The summed E-state index contributed by atoms with van der Waals surface area (Å²) in [5.41, 5.74) is 1.85. The lowest BCUT2D eigenvalue weighted by Gasteiger charge is -2.31. The van der Waals surface area contributed by atoms with Crippen molar-refractivity contribution in [1.29, 1.82) is 0 Å². The van der Waals surface area contributed by atoms with Crippen molar-refractivity contribution in [2.45, 2.75) is 37.7 Å². The number of carbonyl (C=O) groups is 1. The topological polar surface area (TPSA) is 120 Å². The van der Waals surface area contributed by atoms with Gasteiger partial charge in [0.05, 0.1) is 37.0 Å². The van der Waals surface area contributed by atoms with Crippen molar-refractivity contribution in [3.63, 3.8) is 0 Å². The Morgan fingerprint density at radius 3 is 2.74 bits per heavy atom. The van der Waals surface area contributed by atoms with Crippen LogP contribution in [0, 0.1) is 12.8 Å². The number of fused-ring (bicyclic) bond motifs is 1. The van der Waals surface area contributed by atoms with Gasteiger partial charge >= 0.3 is 5.97 Å². The summed E-state index contributed by atoms with van der Waals surface area (Å²) in [4.78, 5) is 17.1. The highest BCUT2D eigenvalue weighted by Crippen LogP contribution is 2.36. The zero-order valence-electron chi connectivity index (χ0n) is 17.4. The van der Waals surface area contributed by atoms with Gasteiger partial charge in [0.15, 0.2) is 9.84 Å². The number of aliphatic hydroxyl groups is 1. The molecule has 2 aromatic heterocycles. The van der Waals surface area contributed by atoms with Crippen LogP contribution >= 0.6 is 11.3 Å². The molecule has 0 aliphatic heterocycles. The Morgan fingerprint density at radius 2 is 2.10 bits per heavy atom. The molecular weight excluding hydrogens is 442 g/mol. The fourth-order valence-electron chi connectivity index (χ4n) is 3.76. The highest BCUT2D eigenvalue weighted by molar-refractivity contribution is 7.91. The molecule has 11 heteroatoms. The first-order chi connectivity index (χ1) is 14.7. The summed E-state index contributed by atoms with van der Waals surface area (Å²) >= 11 is 1.11. The predicted molar refractivity (Wildman–Crippen MR) is 114 cm³/mol. The Hall–Kier alpha value is -2.50. The molecule has 0 unspecified atom stereocenters. The molecule has 0 amide bonds. The SMILES string of the molecule is CCOC(=O)c1nn2c(-c3ccc(OC)c(S(=O)(=O)CC4CC(O)C4)c3)c(C)nc2s1.